The third kappa shape index (κ3) is 2.59. The van der Waals surface area contributed by atoms with Gasteiger partial charge in [-0.05, 0) is 36.3 Å². The topological polar surface area (TPSA) is 30.7 Å². The van der Waals surface area contributed by atoms with Crippen molar-refractivity contribution >= 4 is 11.6 Å². The van der Waals surface area contributed by atoms with E-state index in [4.69, 9.17) is 11.6 Å². The molecule has 0 bridgehead atoms. The molecule has 4 heteroatoms. The lowest BCUT2D eigenvalue weighted by molar-refractivity contribution is 0.184. The molecule has 1 saturated carbocycles. The third-order valence-corrected chi connectivity index (χ3v) is 4.49. The molecule has 0 amide bonds. The van der Waals surface area contributed by atoms with Crippen molar-refractivity contribution in [1.82, 2.24) is 14.8 Å². The Balaban J connectivity index is 2.00. The van der Waals surface area contributed by atoms with Crippen molar-refractivity contribution in [2.24, 2.45) is 5.41 Å². The zero-order valence-electron chi connectivity index (χ0n) is 12.0. The summed E-state index contributed by atoms with van der Waals surface area (Å²) in [5.41, 5.74) is 1.44. The Bertz CT molecular complexity index is 589. The molecule has 0 spiro atoms. The molecule has 1 unspecified atom stereocenters. The second-order valence-corrected chi connectivity index (χ2v) is 6.78. The minimum absolute atomic E-state index is 0.366. The van der Waals surface area contributed by atoms with Crippen LogP contribution >= 0.6 is 11.6 Å². The molecule has 0 radical (unpaired) electrons. The molecule has 106 valence electrons. The summed E-state index contributed by atoms with van der Waals surface area (Å²) >= 11 is 6.31. The summed E-state index contributed by atoms with van der Waals surface area (Å²) in [7, 11) is 0. The van der Waals surface area contributed by atoms with E-state index in [2.05, 4.69) is 40.7 Å². The van der Waals surface area contributed by atoms with Crippen LogP contribution in [0.15, 0.2) is 30.3 Å². The molecule has 1 fully saturated rings. The Morgan fingerprint density at radius 3 is 2.65 bits per heavy atom. The van der Waals surface area contributed by atoms with Gasteiger partial charge in [-0.3, -0.25) is 4.57 Å². The first-order valence-electron chi connectivity index (χ1n) is 7.23. The monoisotopic (exact) mass is 289 g/mol. The maximum atomic E-state index is 6.31. The number of halogens is 1. The molecular weight excluding hydrogens is 270 g/mol. The van der Waals surface area contributed by atoms with E-state index in [-0.39, 0.29) is 0 Å². The van der Waals surface area contributed by atoms with Crippen LogP contribution in [0.5, 0.6) is 0 Å². The normalized spacial score (nSPS) is 21.9. The molecule has 1 aromatic carbocycles. The average molecular weight is 290 g/mol. The first-order valence-corrected chi connectivity index (χ1v) is 7.60. The van der Waals surface area contributed by atoms with Gasteiger partial charge in [0.15, 0.2) is 5.82 Å². The van der Waals surface area contributed by atoms with Gasteiger partial charge >= 0.3 is 0 Å². The van der Waals surface area contributed by atoms with Gasteiger partial charge in [-0.2, -0.15) is 0 Å². The van der Waals surface area contributed by atoms with Gasteiger partial charge in [0, 0.05) is 11.6 Å². The van der Waals surface area contributed by atoms with Gasteiger partial charge in [0.1, 0.15) is 0 Å². The van der Waals surface area contributed by atoms with Gasteiger partial charge in [-0.1, -0.05) is 50.6 Å². The molecule has 1 heterocycles. The van der Waals surface area contributed by atoms with Crippen LogP contribution in [0.1, 0.15) is 45.6 Å². The first kappa shape index (κ1) is 13.6. The summed E-state index contributed by atoms with van der Waals surface area (Å²) in [6.07, 6.45) is 4.80. The fourth-order valence-corrected chi connectivity index (χ4v) is 3.51. The highest BCUT2D eigenvalue weighted by molar-refractivity contribution is 6.28. The highest BCUT2D eigenvalue weighted by atomic mass is 35.5. The van der Waals surface area contributed by atoms with Crippen LogP contribution in [-0.4, -0.2) is 14.8 Å². The van der Waals surface area contributed by atoms with Crippen LogP contribution in [0.4, 0.5) is 0 Å². The maximum absolute atomic E-state index is 6.31. The van der Waals surface area contributed by atoms with Crippen molar-refractivity contribution in [2.75, 3.05) is 0 Å². The number of hydrogen-bond acceptors (Lipinski definition) is 2. The van der Waals surface area contributed by atoms with Gasteiger partial charge in [-0.15, -0.1) is 10.2 Å². The van der Waals surface area contributed by atoms with Gasteiger partial charge in [0.2, 0.25) is 5.28 Å². The number of benzene rings is 1. The highest BCUT2D eigenvalue weighted by Crippen LogP contribution is 2.43. The predicted octanol–water partition coefficient (Wildman–Crippen LogP) is 4.74. The quantitative estimate of drug-likeness (QED) is 0.799. The molecule has 0 aliphatic heterocycles. The Morgan fingerprint density at radius 1 is 1.20 bits per heavy atom. The lowest BCUT2D eigenvalue weighted by Gasteiger charge is -2.36. The Labute approximate surface area is 125 Å². The van der Waals surface area contributed by atoms with Crippen LogP contribution < -0.4 is 0 Å². The van der Waals surface area contributed by atoms with E-state index in [0.29, 0.717) is 16.7 Å². The molecule has 3 rings (SSSR count). The Morgan fingerprint density at radius 2 is 1.95 bits per heavy atom. The highest BCUT2D eigenvalue weighted by Gasteiger charge is 2.31. The number of aromatic nitrogens is 3. The smallest absolute Gasteiger partial charge is 0.225 e. The molecule has 1 aromatic heterocycles. The lowest BCUT2D eigenvalue weighted by Crippen LogP contribution is -2.25. The van der Waals surface area contributed by atoms with Gasteiger partial charge in [0.25, 0.3) is 0 Å². The largest absolute Gasteiger partial charge is 0.295 e. The van der Waals surface area contributed by atoms with Crippen LogP contribution in [0.3, 0.4) is 0 Å². The van der Waals surface area contributed by atoms with Crippen molar-refractivity contribution in [2.45, 2.75) is 45.6 Å². The van der Waals surface area contributed by atoms with Gasteiger partial charge < -0.3 is 0 Å². The van der Waals surface area contributed by atoms with E-state index in [1.54, 1.807) is 0 Å². The molecular formula is C16H20ClN3. The number of nitrogens with zero attached hydrogens (tertiary/aromatic N) is 3. The molecule has 0 N–H and O–H groups in total. The van der Waals surface area contributed by atoms with E-state index in [9.17, 15) is 0 Å². The second kappa shape index (κ2) is 5.21. The molecule has 3 nitrogen and oxygen atoms in total. The predicted molar refractivity (Wildman–Crippen MR) is 81.8 cm³/mol. The van der Waals surface area contributed by atoms with E-state index in [1.807, 2.05) is 18.2 Å². The molecule has 1 atom stereocenters. The number of hydrogen-bond donors (Lipinski definition) is 0. The molecule has 1 aliphatic carbocycles. The van der Waals surface area contributed by atoms with Crippen molar-refractivity contribution in [1.29, 1.82) is 0 Å². The zero-order chi connectivity index (χ0) is 14.2. The summed E-state index contributed by atoms with van der Waals surface area (Å²) in [5.74, 6) is 0.887. The van der Waals surface area contributed by atoms with E-state index in [1.165, 1.54) is 12.8 Å². The van der Waals surface area contributed by atoms with E-state index in [0.717, 1.165) is 24.2 Å². The fourth-order valence-electron chi connectivity index (χ4n) is 3.26. The number of rotatable bonds is 2. The fraction of sp³-hybridized carbons (Fsp3) is 0.500. The maximum Gasteiger partial charge on any atom is 0.225 e. The summed E-state index contributed by atoms with van der Waals surface area (Å²) in [6.45, 7) is 4.67. The Kier molecular flexibility index (Phi) is 3.55. The summed E-state index contributed by atoms with van der Waals surface area (Å²) in [5, 5.41) is 8.89. The standard InChI is InChI=1S/C16H20ClN3/c1-16(2)10-6-9-13(11-16)20-14(18-19-15(20)17)12-7-4-3-5-8-12/h3-5,7-8,13H,6,9-11H2,1-2H3. The van der Waals surface area contributed by atoms with Crippen LogP contribution in [0.2, 0.25) is 5.28 Å². The third-order valence-electron chi connectivity index (χ3n) is 4.23. The molecule has 1 aliphatic rings. The van der Waals surface area contributed by atoms with Crippen molar-refractivity contribution in [3.63, 3.8) is 0 Å². The summed E-state index contributed by atoms with van der Waals surface area (Å²) < 4.78 is 2.12. The molecule has 0 saturated heterocycles. The van der Waals surface area contributed by atoms with Crippen LogP contribution in [0.25, 0.3) is 11.4 Å². The lowest BCUT2D eigenvalue weighted by atomic mass is 9.75. The summed E-state index contributed by atoms with van der Waals surface area (Å²) in [4.78, 5) is 0. The van der Waals surface area contributed by atoms with Gasteiger partial charge in [0.05, 0.1) is 0 Å². The first-order chi connectivity index (χ1) is 9.57. The second-order valence-electron chi connectivity index (χ2n) is 6.44. The van der Waals surface area contributed by atoms with Crippen molar-refractivity contribution < 1.29 is 0 Å². The van der Waals surface area contributed by atoms with E-state index >= 15 is 0 Å². The van der Waals surface area contributed by atoms with Crippen LogP contribution in [-0.2, 0) is 0 Å². The Hall–Kier alpha value is -1.35. The molecule has 20 heavy (non-hydrogen) atoms. The summed E-state index contributed by atoms with van der Waals surface area (Å²) in [6, 6.07) is 10.6. The minimum atomic E-state index is 0.366. The minimum Gasteiger partial charge on any atom is -0.295 e. The zero-order valence-corrected chi connectivity index (χ0v) is 12.8. The van der Waals surface area contributed by atoms with E-state index < -0.39 is 0 Å². The van der Waals surface area contributed by atoms with Crippen molar-refractivity contribution in [3.8, 4) is 11.4 Å². The average Bonchev–Trinajstić information content (AvgIpc) is 2.80. The molecule has 2 aromatic rings. The van der Waals surface area contributed by atoms with Gasteiger partial charge in [-0.25, -0.2) is 0 Å². The SMILES string of the molecule is CC1(C)CCCC(n2c(Cl)nnc2-c2ccccc2)C1. The van der Waals surface area contributed by atoms with Crippen LogP contribution in [0, 0.1) is 5.41 Å². The van der Waals surface area contributed by atoms with Crippen molar-refractivity contribution in [3.05, 3.63) is 35.6 Å².